The monoisotopic (exact) mass is 277 g/mol. The van der Waals surface area contributed by atoms with E-state index in [9.17, 15) is 0 Å². The minimum atomic E-state index is 0.294. The molecule has 0 aliphatic carbocycles. The summed E-state index contributed by atoms with van der Waals surface area (Å²) in [7, 11) is 0. The normalized spacial score (nSPS) is 10.8. The number of hydrogen-bond acceptors (Lipinski definition) is 7. The second-order valence-electron chi connectivity index (χ2n) is 4.64. The first-order chi connectivity index (χ1) is 9.69. The molecule has 0 bridgehead atoms. The van der Waals surface area contributed by atoms with E-state index in [0.717, 1.165) is 6.42 Å². The van der Waals surface area contributed by atoms with E-state index in [1.54, 1.807) is 0 Å². The predicted octanol–water partition coefficient (Wildman–Crippen LogP) is 1.31. The highest BCUT2D eigenvalue weighted by Gasteiger charge is 2.09. The Hall–Kier alpha value is -2.25. The van der Waals surface area contributed by atoms with Gasteiger partial charge >= 0.3 is 6.01 Å². The Morgan fingerprint density at radius 3 is 2.80 bits per heavy atom. The Bertz CT molecular complexity index is 527. The van der Waals surface area contributed by atoms with Crippen molar-refractivity contribution in [3.63, 3.8) is 0 Å². The fourth-order valence-corrected chi connectivity index (χ4v) is 1.45. The largest absolute Gasteiger partial charge is 0.463 e. The van der Waals surface area contributed by atoms with Crippen molar-refractivity contribution in [2.24, 2.45) is 5.92 Å². The highest BCUT2D eigenvalue weighted by atomic mass is 16.5. The molecule has 0 aliphatic heterocycles. The van der Waals surface area contributed by atoms with Gasteiger partial charge in [-0.3, -0.25) is 0 Å². The Labute approximate surface area is 117 Å². The van der Waals surface area contributed by atoms with Crippen LogP contribution in [0.15, 0.2) is 12.7 Å². The molecule has 0 atom stereocenters. The van der Waals surface area contributed by atoms with Crippen molar-refractivity contribution in [2.45, 2.75) is 27.2 Å². The minimum absolute atomic E-state index is 0.294. The van der Waals surface area contributed by atoms with Crippen molar-refractivity contribution in [1.82, 2.24) is 29.7 Å². The number of nitrogens with one attached hydrogen (secondary N) is 1. The molecule has 20 heavy (non-hydrogen) atoms. The Balaban J connectivity index is 2.17. The zero-order valence-corrected chi connectivity index (χ0v) is 11.9. The third-order valence-corrected chi connectivity index (χ3v) is 2.49. The van der Waals surface area contributed by atoms with E-state index in [2.05, 4.69) is 44.2 Å². The highest BCUT2D eigenvalue weighted by molar-refractivity contribution is 5.29. The van der Waals surface area contributed by atoms with Gasteiger partial charge in [0, 0.05) is 6.54 Å². The van der Waals surface area contributed by atoms with E-state index in [1.165, 1.54) is 17.3 Å². The summed E-state index contributed by atoms with van der Waals surface area (Å²) in [5.41, 5.74) is 0. The molecule has 2 aromatic rings. The molecule has 0 amide bonds. The molecule has 0 saturated heterocycles. The molecule has 0 spiro atoms. The smallest absolute Gasteiger partial charge is 0.323 e. The average Bonchev–Trinajstić information content (AvgIpc) is 2.92. The summed E-state index contributed by atoms with van der Waals surface area (Å²) in [6, 6.07) is 0.294. The first kappa shape index (κ1) is 14.2. The number of ether oxygens (including phenoxy) is 1. The van der Waals surface area contributed by atoms with Crippen LogP contribution >= 0.6 is 0 Å². The molecule has 0 aliphatic rings. The highest BCUT2D eigenvalue weighted by Crippen LogP contribution is 2.11. The predicted molar refractivity (Wildman–Crippen MR) is 73.9 cm³/mol. The molecule has 1 N–H and O–H groups in total. The van der Waals surface area contributed by atoms with Crippen molar-refractivity contribution in [1.29, 1.82) is 0 Å². The van der Waals surface area contributed by atoms with E-state index in [4.69, 9.17) is 4.74 Å². The van der Waals surface area contributed by atoms with E-state index in [1.807, 2.05) is 6.92 Å². The maximum atomic E-state index is 5.58. The lowest BCUT2D eigenvalue weighted by Crippen LogP contribution is -2.12. The van der Waals surface area contributed by atoms with Crippen LogP contribution in [0.4, 0.5) is 5.95 Å². The zero-order chi connectivity index (χ0) is 14.4. The fraction of sp³-hybridized carbons (Fsp3) is 0.583. The lowest BCUT2D eigenvalue weighted by atomic mass is 10.1. The van der Waals surface area contributed by atoms with Crippen molar-refractivity contribution in [2.75, 3.05) is 18.5 Å². The van der Waals surface area contributed by atoms with E-state index in [-0.39, 0.29) is 0 Å². The number of nitrogens with zero attached hydrogens (tertiary/aromatic N) is 6. The number of hydrogen-bond donors (Lipinski definition) is 1. The number of rotatable bonds is 7. The number of anilines is 1. The van der Waals surface area contributed by atoms with Crippen LogP contribution < -0.4 is 10.1 Å². The molecule has 0 fully saturated rings. The second kappa shape index (κ2) is 6.78. The second-order valence-corrected chi connectivity index (χ2v) is 4.64. The van der Waals surface area contributed by atoms with Gasteiger partial charge in [-0.05, 0) is 19.3 Å². The first-order valence-corrected chi connectivity index (χ1v) is 6.66. The Kier molecular flexibility index (Phi) is 4.80. The van der Waals surface area contributed by atoms with Gasteiger partial charge in [0.05, 0.1) is 6.61 Å². The average molecular weight is 277 g/mol. The third kappa shape index (κ3) is 3.87. The van der Waals surface area contributed by atoms with E-state index in [0.29, 0.717) is 37.0 Å². The summed E-state index contributed by atoms with van der Waals surface area (Å²) in [6.45, 7) is 7.54. The molecule has 0 aromatic carbocycles. The quantitative estimate of drug-likeness (QED) is 0.815. The SMILES string of the molecule is CCNc1nc(OCCC(C)C)nc(-n2cncn2)n1. The maximum absolute atomic E-state index is 5.58. The molecule has 8 nitrogen and oxygen atoms in total. The summed E-state index contributed by atoms with van der Waals surface area (Å²) in [5.74, 6) is 1.42. The molecule has 2 aromatic heterocycles. The lowest BCUT2D eigenvalue weighted by Gasteiger charge is -2.09. The van der Waals surface area contributed by atoms with Gasteiger partial charge in [0.2, 0.25) is 5.95 Å². The zero-order valence-electron chi connectivity index (χ0n) is 11.9. The molecule has 0 radical (unpaired) electrons. The molecule has 8 heteroatoms. The van der Waals surface area contributed by atoms with E-state index >= 15 is 0 Å². The number of aromatic nitrogens is 6. The third-order valence-electron chi connectivity index (χ3n) is 2.49. The topological polar surface area (TPSA) is 90.6 Å². The molecule has 2 heterocycles. The van der Waals surface area contributed by atoms with E-state index < -0.39 is 0 Å². The van der Waals surface area contributed by atoms with Crippen LogP contribution in [0.1, 0.15) is 27.2 Å². The van der Waals surface area contributed by atoms with Crippen LogP contribution in [0.3, 0.4) is 0 Å². The van der Waals surface area contributed by atoms with Crippen molar-refractivity contribution >= 4 is 5.95 Å². The van der Waals surface area contributed by atoms with Gasteiger partial charge in [0.1, 0.15) is 12.7 Å². The van der Waals surface area contributed by atoms with Crippen LogP contribution in [0.2, 0.25) is 0 Å². The van der Waals surface area contributed by atoms with Gasteiger partial charge in [-0.2, -0.15) is 24.7 Å². The van der Waals surface area contributed by atoms with Gasteiger partial charge in [-0.25, -0.2) is 4.98 Å². The fourth-order valence-electron chi connectivity index (χ4n) is 1.45. The van der Waals surface area contributed by atoms with Crippen molar-refractivity contribution < 1.29 is 4.74 Å². The van der Waals surface area contributed by atoms with Crippen LogP contribution in [-0.2, 0) is 0 Å². The van der Waals surface area contributed by atoms with Gasteiger partial charge in [-0.1, -0.05) is 13.8 Å². The summed E-state index contributed by atoms with van der Waals surface area (Å²) >= 11 is 0. The standard InChI is InChI=1S/C12H19N7O/c1-4-14-10-16-11(19-8-13-7-15-19)18-12(17-10)20-6-5-9(2)3/h7-9H,4-6H2,1-3H3,(H,14,16,17,18). The molecule has 0 unspecified atom stereocenters. The van der Waals surface area contributed by atoms with Crippen LogP contribution in [0.25, 0.3) is 5.95 Å². The van der Waals surface area contributed by atoms with Crippen molar-refractivity contribution in [3.8, 4) is 12.0 Å². The maximum Gasteiger partial charge on any atom is 0.323 e. The van der Waals surface area contributed by atoms with Gasteiger partial charge in [0.15, 0.2) is 0 Å². The van der Waals surface area contributed by atoms with Crippen LogP contribution in [0, 0.1) is 5.92 Å². The molecular formula is C12H19N7O. The van der Waals surface area contributed by atoms with Gasteiger partial charge < -0.3 is 10.1 Å². The molecule has 108 valence electrons. The summed E-state index contributed by atoms with van der Waals surface area (Å²) in [4.78, 5) is 16.6. The lowest BCUT2D eigenvalue weighted by molar-refractivity contribution is 0.267. The molecule has 2 rings (SSSR count). The van der Waals surface area contributed by atoms with Gasteiger partial charge in [0.25, 0.3) is 5.95 Å². The summed E-state index contributed by atoms with van der Waals surface area (Å²) < 4.78 is 7.05. The van der Waals surface area contributed by atoms with Crippen LogP contribution in [0.5, 0.6) is 6.01 Å². The summed E-state index contributed by atoms with van der Waals surface area (Å²) in [6.07, 6.45) is 3.90. The minimum Gasteiger partial charge on any atom is -0.463 e. The first-order valence-electron chi connectivity index (χ1n) is 6.66. The Morgan fingerprint density at radius 2 is 2.15 bits per heavy atom. The summed E-state index contributed by atoms with van der Waals surface area (Å²) in [5, 5.41) is 7.05. The van der Waals surface area contributed by atoms with Crippen molar-refractivity contribution in [3.05, 3.63) is 12.7 Å². The van der Waals surface area contributed by atoms with Crippen LogP contribution in [-0.4, -0.2) is 42.9 Å². The Morgan fingerprint density at radius 1 is 1.30 bits per heavy atom. The molecule has 0 saturated carbocycles. The molecular weight excluding hydrogens is 258 g/mol. The van der Waals surface area contributed by atoms with Gasteiger partial charge in [-0.15, -0.1) is 0 Å².